The van der Waals surface area contributed by atoms with Gasteiger partial charge in [0.05, 0.1) is 6.61 Å². The largest absolute Gasteiger partial charge is 0.394 e. The lowest BCUT2D eigenvalue weighted by Crippen LogP contribution is -2.42. The van der Waals surface area contributed by atoms with Crippen LogP contribution in [0.2, 0.25) is 0 Å². The summed E-state index contributed by atoms with van der Waals surface area (Å²) in [5.74, 6) is 0.0878. The monoisotopic (exact) mass is 275 g/mol. The first-order valence-electron chi connectivity index (χ1n) is 5.36. The predicted octanol–water partition coefficient (Wildman–Crippen LogP) is -0.926. The number of aromatic nitrogens is 2. The maximum atomic E-state index is 11.7. The Hall–Kier alpha value is -1.15. The van der Waals surface area contributed by atoms with Gasteiger partial charge in [-0.15, -0.1) is 11.6 Å². The van der Waals surface area contributed by atoms with Crippen LogP contribution in [0.3, 0.4) is 0 Å². The van der Waals surface area contributed by atoms with E-state index in [2.05, 4.69) is 4.98 Å². The molecule has 4 unspecified atom stereocenters. The number of nitrogens with two attached hydrogens (primary N) is 1. The fraction of sp³-hybridized carbons (Fsp3) is 0.600. The quantitative estimate of drug-likeness (QED) is 0.602. The summed E-state index contributed by atoms with van der Waals surface area (Å²) in [4.78, 5) is 14.0. The first-order chi connectivity index (χ1) is 8.37. The van der Waals surface area contributed by atoms with E-state index in [1.165, 1.54) is 19.2 Å². The van der Waals surface area contributed by atoms with Gasteiger partial charge in [0.25, 0.3) is 0 Å². The van der Waals surface area contributed by atoms with Crippen molar-refractivity contribution in [2.75, 3.05) is 12.3 Å². The van der Waals surface area contributed by atoms with Gasteiger partial charge in [0, 0.05) is 6.20 Å². The molecule has 0 amide bonds. The summed E-state index contributed by atoms with van der Waals surface area (Å²) >= 11 is 6.20. The van der Waals surface area contributed by atoms with Gasteiger partial charge in [0.1, 0.15) is 22.9 Å². The van der Waals surface area contributed by atoms with E-state index in [4.69, 9.17) is 27.2 Å². The van der Waals surface area contributed by atoms with E-state index >= 15 is 0 Å². The molecule has 2 rings (SSSR count). The number of aliphatic hydroxyl groups excluding tert-OH is 2. The normalized spacial score (nSPS) is 35.9. The van der Waals surface area contributed by atoms with Crippen LogP contribution >= 0.6 is 11.6 Å². The first-order valence-corrected chi connectivity index (χ1v) is 5.73. The molecular formula is C10H14ClN3O4. The molecule has 0 spiro atoms. The van der Waals surface area contributed by atoms with Crippen LogP contribution in [0.4, 0.5) is 5.82 Å². The van der Waals surface area contributed by atoms with Crippen molar-refractivity contribution in [3.63, 3.8) is 0 Å². The predicted molar refractivity (Wildman–Crippen MR) is 64.2 cm³/mol. The fourth-order valence-corrected chi connectivity index (χ4v) is 2.26. The minimum Gasteiger partial charge on any atom is -0.394 e. The number of alkyl halides is 1. The highest BCUT2D eigenvalue weighted by Crippen LogP contribution is 2.42. The molecule has 0 radical (unpaired) electrons. The van der Waals surface area contributed by atoms with Crippen LogP contribution in [-0.2, 0) is 4.74 Å². The van der Waals surface area contributed by atoms with Crippen molar-refractivity contribution in [2.45, 2.75) is 30.2 Å². The van der Waals surface area contributed by atoms with E-state index in [1.54, 1.807) is 0 Å². The molecule has 18 heavy (non-hydrogen) atoms. The average molecular weight is 276 g/mol. The molecule has 1 aromatic heterocycles. The molecule has 1 saturated heterocycles. The number of anilines is 1. The number of ether oxygens (including phenoxy) is 1. The van der Waals surface area contributed by atoms with E-state index in [0.717, 1.165) is 4.57 Å². The van der Waals surface area contributed by atoms with Crippen LogP contribution in [0.25, 0.3) is 0 Å². The minimum absolute atomic E-state index is 0.0878. The van der Waals surface area contributed by atoms with Crippen LogP contribution in [0.15, 0.2) is 17.1 Å². The molecule has 0 saturated carbocycles. The van der Waals surface area contributed by atoms with Crippen molar-refractivity contribution in [2.24, 2.45) is 0 Å². The molecule has 1 fully saturated rings. The Morgan fingerprint density at radius 3 is 2.89 bits per heavy atom. The Balaban J connectivity index is 2.42. The van der Waals surface area contributed by atoms with Crippen LogP contribution in [-0.4, -0.2) is 43.5 Å². The number of aliphatic hydroxyl groups is 2. The van der Waals surface area contributed by atoms with Crippen molar-refractivity contribution in [3.8, 4) is 0 Å². The van der Waals surface area contributed by atoms with Gasteiger partial charge in [0.15, 0.2) is 6.23 Å². The zero-order chi connectivity index (χ0) is 13.5. The van der Waals surface area contributed by atoms with Crippen molar-refractivity contribution in [3.05, 3.63) is 22.7 Å². The molecule has 1 aliphatic heterocycles. The fourth-order valence-electron chi connectivity index (χ4n) is 1.97. The van der Waals surface area contributed by atoms with Gasteiger partial charge in [-0.2, -0.15) is 4.98 Å². The molecule has 8 heteroatoms. The van der Waals surface area contributed by atoms with Crippen molar-refractivity contribution in [1.82, 2.24) is 9.55 Å². The summed E-state index contributed by atoms with van der Waals surface area (Å²) < 4.78 is 6.54. The van der Waals surface area contributed by atoms with Gasteiger partial charge in [-0.25, -0.2) is 4.79 Å². The third-order valence-corrected chi connectivity index (χ3v) is 3.41. The number of nitrogen functional groups attached to an aromatic ring is 1. The van der Waals surface area contributed by atoms with Gasteiger partial charge >= 0.3 is 5.69 Å². The topological polar surface area (TPSA) is 111 Å². The SMILES string of the molecule is CC1(Cl)C(O)C(CO)OC1n1ccc(N)nc1=O. The van der Waals surface area contributed by atoms with Gasteiger partial charge in [-0.3, -0.25) is 4.57 Å². The summed E-state index contributed by atoms with van der Waals surface area (Å²) in [7, 11) is 0. The summed E-state index contributed by atoms with van der Waals surface area (Å²) in [5.41, 5.74) is 4.76. The smallest absolute Gasteiger partial charge is 0.351 e. The van der Waals surface area contributed by atoms with Gasteiger partial charge in [-0.1, -0.05) is 0 Å². The summed E-state index contributed by atoms with van der Waals surface area (Å²) in [6.07, 6.45) is -1.48. The van der Waals surface area contributed by atoms with E-state index in [1.807, 2.05) is 0 Å². The zero-order valence-electron chi connectivity index (χ0n) is 9.65. The molecular weight excluding hydrogens is 262 g/mol. The van der Waals surface area contributed by atoms with Gasteiger partial charge in [-0.05, 0) is 13.0 Å². The highest BCUT2D eigenvalue weighted by Gasteiger charge is 2.53. The Kier molecular flexibility index (Phi) is 3.33. The Labute approximate surface area is 108 Å². The third-order valence-electron chi connectivity index (χ3n) is 3.00. The number of nitrogens with zero attached hydrogens (tertiary/aromatic N) is 2. The number of rotatable bonds is 2. The summed E-state index contributed by atoms with van der Waals surface area (Å²) in [6, 6.07) is 1.43. The van der Waals surface area contributed by atoms with E-state index in [-0.39, 0.29) is 5.82 Å². The molecule has 7 nitrogen and oxygen atoms in total. The number of hydrogen-bond donors (Lipinski definition) is 3. The lowest BCUT2D eigenvalue weighted by atomic mass is 10.0. The Bertz CT molecular complexity index is 504. The molecule has 2 heterocycles. The maximum Gasteiger partial charge on any atom is 0.351 e. The molecule has 4 N–H and O–H groups in total. The van der Waals surface area contributed by atoms with E-state index in [0.29, 0.717) is 0 Å². The molecule has 1 aromatic rings. The first kappa shape index (κ1) is 13.3. The number of hydrogen-bond acceptors (Lipinski definition) is 6. The van der Waals surface area contributed by atoms with E-state index in [9.17, 15) is 9.90 Å². The second-order valence-electron chi connectivity index (χ2n) is 4.35. The lowest BCUT2D eigenvalue weighted by Gasteiger charge is -2.26. The summed E-state index contributed by atoms with van der Waals surface area (Å²) in [6.45, 7) is 1.14. The minimum atomic E-state index is -1.24. The Morgan fingerprint density at radius 2 is 2.39 bits per heavy atom. The number of halogens is 1. The van der Waals surface area contributed by atoms with Gasteiger partial charge in [0.2, 0.25) is 0 Å². The van der Waals surface area contributed by atoms with Crippen LogP contribution in [0, 0.1) is 0 Å². The average Bonchev–Trinajstić information content (AvgIpc) is 2.52. The molecule has 0 aromatic carbocycles. The van der Waals surface area contributed by atoms with Crippen molar-refractivity contribution in [1.29, 1.82) is 0 Å². The highest BCUT2D eigenvalue weighted by atomic mass is 35.5. The van der Waals surface area contributed by atoms with Crippen molar-refractivity contribution < 1.29 is 14.9 Å². The Morgan fingerprint density at radius 1 is 1.72 bits per heavy atom. The third kappa shape index (κ3) is 1.99. The van der Waals surface area contributed by atoms with Gasteiger partial charge < -0.3 is 20.7 Å². The second-order valence-corrected chi connectivity index (χ2v) is 5.16. The second kappa shape index (κ2) is 4.51. The summed E-state index contributed by atoms with van der Waals surface area (Å²) in [5, 5.41) is 19.0. The standard InChI is InChI=1S/C10H14ClN3O4/c1-10(11)7(16)5(4-15)18-8(10)14-3-2-6(12)13-9(14)17/h2-3,5,7-8,15-16H,4H2,1H3,(H2,12,13,17). The van der Waals surface area contributed by atoms with E-state index < -0.39 is 35.6 Å². The molecule has 0 aliphatic carbocycles. The zero-order valence-corrected chi connectivity index (χ0v) is 10.4. The van der Waals surface area contributed by atoms with Crippen LogP contribution in [0.1, 0.15) is 13.2 Å². The van der Waals surface area contributed by atoms with Crippen LogP contribution < -0.4 is 11.4 Å². The highest BCUT2D eigenvalue weighted by molar-refractivity contribution is 6.24. The maximum absolute atomic E-state index is 11.7. The lowest BCUT2D eigenvalue weighted by molar-refractivity contribution is -0.0469. The van der Waals surface area contributed by atoms with Crippen molar-refractivity contribution >= 4 is 17.4 Å². The molecule has 0 bridgehead atoms. The molecule has 100 valence electrons. The molecule has 1 aliphatic rings. The van der Waals surface area contributed by atoms with Crippen LogP contribution in [0.5, 0.6) is 0 Å². The molecule has 4 atom stereocenters.